The summed E-state index contributed by atoms with van der Waals surface area (Å²) in [6, 6.07) is 13.4. The topological polar surface area (TPSA) is 68.9 Å². The number of hydrogen-bond acceptors (Lipinski definition) is 3. The molecule has 0 aliphatic heterocycles. The van der Waals surface area contributed by atoms with Crippen molar-refractivity contribution >= 4 is 5.96 Å². The number of methoxy groups -OCH3 is 1. The largest absolute Gasteiger partial charge is 0.573 e. The van der Waals surface area contributed by atoms with Crippen molar-refractivity contribution in [1.82, 2.24) is 5.32 Å². The number of aliphatic imine (C=N–C) groups is 1. The van der Waals surface area contributed by atoms with Gasteiger partial charge in [-0.2, -0.15) is 0 Å². The highest BCUT2D eigenvalue weighted by atomic mass is 19.4. The minimum absolute atomic E-state index is 0.265. The first kappa shape index (κ1) is 20.4. The molecule has 146 valence electrons. The van der Waals surface area contributed by atoms with Gasteiger partial charge in [-0.25, -0.2) is 4.99 Å². The second kappa shape index (κ2) is 9.70. The second-order valence-corrected chi connectivity index (χ2v) is 5.78. The number of ether oxygens (including phenoxy) is 2. The molecule has 0 bridgehead atoms. The first-order valence-corrected chi connectivity index (χ1v) is 8.37. The third kappa shape index (κ3) is 7.89. The van der Waals surface area contributed by atoms with Gasteiger partial charge in [-0.05, 0) is 48.2 Å². The molecule has 0 amide bonds. The number of benzene rings is 2. The van der Waals surface area contributed by atoms with E-state index in [1.165, 1.54) is 29.8 Å². The van der Waals surface area contributed by atoms with Crippen molar-refractivity contribution in [2.45, 2.75) is 25.7 Å². The number of aryl methyl sites for hydroxylation is 1. The van der Waals surface area contributed by atoms with Crippen LogP contribution in [-0.2, 0) is 13.0 Å². The lowest BCUT2D eigenvalue weighted by Gasteiger charge is -2.09. The molecule has 0 saturated carbocycles. The van der Waals surface area contributed by atoms with E-state index in [9.17, 15) is 13.2 Å². The lowest BCUT2D eigenvalue weighted by Crippen LogP contribution is -2.32. The van der Waals surface area contributed by atoms with Crippen LogP contribution in [0, 0.1) is 0 Å². The van der Waals surface area contributed by atoms with E-state index in [0.29, 0.717) is 6.54 Å². The Balaban J connectivity index is 1.72. The maximum absolute atomic E-state index is 12.1. The third-order valence-electron chi connectivity index (χ3n) is 3.67. The highest BCUT2D eigenvalue weighted by Gasteiger charge is 2.30. The van der Waals surface area contributed by atoms with Crippen LogP contribution in [0.2, 0.25) is 0 Å². The maximum atomic E-state index is 12.1. The molecule has 27 heavy (non-hydrogen) atoms. The highest BCUT2D eigenvalue weighted by molar-refractivity contribution is 5.77. The third-order valence-corrected chi connectivity index (χ3v) is 3.67. The Morgan fingerprint density at radius 3 is 2.48 bits per heavy atom. The normalized spacial score (nSPS) is 11.9. The molecular weight excluding hydrogens is 359 g/mol. The quantitative estimate of drug-likeness (QED) is 0.416. The molecule has 0 saturated heterocycles. The van der Waals surface area contributed by atoms with E-state index >= 15 is 0 Å². The summed E-state index contributed by atoms with van der Waals surface area (Å²) in [5, 5.41) is 3.02. The fourth-order valence-electron chi connectivity index (χ4n) is 2.37. The average Bonchev–Trinajstić information content (AvgIpc) is 2.63. The second-order valence-electron chi connectivity index (χ2n) is 5.78. The molecule has 0 fully saturated rings. The number of hydrogen-bond donors (Lipinski definition) is 2. The van der Waals surface area contributed by atoms with Crippen LogP contribution in [0.3, 0.4) is 0 Å². The monoisotopic (exact) mass is 381 g/mol. The van der Waals surface area contributed by atoms with Crippen molar-refractivity contribution in [3.8, 4) is 11.5 Å². The molecule has 0 heterocycles. The highest BCUT2D eigenvalue weighted by Crippen LogP contribution is 2.22. The van der Waals surface area contributed by atoms with Gasteiger partial charge < -0.3 is 20.5 Å². The van der Waals surface area contributed by atoms with Gasteiger partial charge in [0.05, 0.1) is 13.7 Å². The predicted octanol–water partition coefficient (Wildman–Crippen LogP) is 3.63. The Hall–Kier alpha value is -2.90. The van der Waals surface area contributed by atoms with Gasteiger partial charge in [-0.15, -0.1) is 13.2 Å². The number of nitrogens with zero attached hydrogens (tertiary/aromatic N) is 1. The lowest BCUT2D eigenvalue weighted by molar-refractivity contribution is -0.274. The molecule has 3 N–H and O–H groups in total. The molecule has 2 aromatic carbocycles. The number of alkyl halides is 3. The maximum Gasteiger partial charge on any atom is 0.573 e. The van der Waals surface area contributed by atoms with Crippen LogP contribution in [0.5, 0.6) is 11.5 Å². The van der Waals surface area contributed by atoms with Crippen LogP contribution in [0.25, 0.3) is 0 Å². The van der Waals surface area contributed by atoms with E-state index in [2.05, 4.69) is 15.0 Å². The van der Waals surface area contributed by atoms with Crippen LogP contribution < -0.4 is 20.5 Å². The summed E-state index contributed by atoms with van der Waals surface area (Å²) in [5.74, 6) is 0.850. The van der Waals surface area contributed by atoms with Crippen LogP contribution in [-0.4, -0.2) is 26.0 Å². The Morgan fingerprint density at radius 1 is 1.07 bits per heavy atom. The van der Waals surface area contributed by atoms with E-state index < -0.39 is 6.36 Å². The summed E-state index contributed by atoms with van der Waals surface area (Å²) in [7, 11) is 1.63. The van der Waals surface area contributed by atoms with Crippen molar-refractivity contribution < 1.29 is 22.6 Å². The van der Waals surface area contributed by atoms with Crippen molar-refractivity contribution in [1.29, 1.82) is 0 Å². The van der Waals surface area contributed by atoms with Gasteiger partial charge in [0, 0.05) is 6.54 Å². The summed E-state index contributed by atoms with van der Waals surface area (Å²) in [6.45, 7) is 0.923. The zero-order valence-electron chi connectivity index (χ0n) is 14.9. The summed E-state index contributed by atoms with van der Waals surface area (Å²) >= 11 is 0. The fraction of sp³-hybridized carbons (Fsp3) is 0.316. The molecule has 0 spiro atoms. The van der Waals surface area contributed by atoms with Gasteiger partial charge in [0.25, 0.3) is 0 Å². The average molecular weight is 381 g/mol. The molecular formula is C19H22F3N3O2. The SMILES string of the molecule is COc1cccc(CCCNC(N)=NCc2ccc(OC(F)(F)F)cc2)c1. The van der Waals surface area contributed by atoms with Crippen LogP contribution >= 0.6 is 0 Å². The summed E-state index contributed by atoms with van der Waals surface area (Å²) in [4.78, 5) is 4.17. The molecule has 0 unspecified atom stereocenters. The van der Waals surface area contributed by atoms with E-state index in [0.717, 1.165) is 24.2 Å². The Kier molecular flexibility index (Phi) is 7.34. The standard InChI is InChI=1S/C19H22F3N3O2/c1-26-17-6-2-4-14(12-17)5-3-11-24-18(23)25-13-15-7-9-16(10-8-15)27-19(20,21)22/h2,4,6-10,12H,3,5,11,13H2,1H3,(H3,23,24,25). The first-order chi connectivity index (χ1) is 12.9. The minimum Gasteiger partial charge on any atom is -0.497 e. The zero-order chi connectivity index (χ0) is 19.7. The number of halogens is 3. The molecule has 2 aromatic rings. The van der Waals surface area contributed by atoms with Crippen molar-refractivity contribution in [3.63, 3.8) is 0 Å². The van der Waals surface area contributed by atoms with E-state index in [-0.39, 0.29) is 18.3 Å². The van der Waals surface area contributed by atoms with Gasteiger partial charge in [0.15, 0.2) is 5.96 Å². The van der Waals surface area contributed by atoms with Crippen molar-refractivity contribution in [2.75, 3.05) is 13.7 Å². The first-order valence-electron chi connectivity index (χ1n) is 8.37. The number of nitrogens with one attached hydrogen (secondary N) is 1. The molecule has 0 aromatic heterocycles. The van der Waals surface area contributed by atoms with Gasteiger partial charge in [-0.3, -0.25) is 0 Å². The van der Waals surface area contributed by atoms with Gasteiger partial charge in [0.1, 0.15) is 11.5 Å². The zero-order valence-corrected chi connectivity index (χ0v) is 14.9. The smallest absolute Gasteiger partial charge is 0.497 e. The van der Waals surface area contributed by atoms with E-state index in [1.807, 2.05) is 24.3 Å². The Labute approximate surface area is 156 Å². The molecule has 2 rings (SSSR count). The van der Waals surface area contributed by atoms with Crippen LogP contribution in [0.1, 0.15) is 17.5 Å². The van der Waals surface area contributed by atoms with E-state index in [1.54, 1.807) is 7.11 Å². The summed E-state index contributed by atoms with van der Waals surface area (Å²) in [5.41, 5.74) is 7.71. The molecule has 0 aliphatic carbocycles. The number of rotatable bonds is 8. The molecule has 8 heteroatoms. The molecule has 0 radical (unpaired) electrons. The minimum atomic E-state index is -4.70. The summed E-state index contributed by atoms with van der Waals surface area (Å²) < 4.78 is 45.3. The van der Waals surface area contributed by atoms with Gasteiger partial charge in [0.2, 0.25) is 0 Å². The Morgan fingerprint density at radius 2 is 1.81 bits per heavy atom. The molecule has 5 nitrogen and oxygen atoms in total. The Bertz CT molecular complexity index is 747. The van der Waals surface area contributed by atoms with Gasteiger partial charge in [-0.1, -0.05) is 24.3 Å². The number of nitrogens with two attached hydrogens (primary N) is 1. The van der Waals surface area contributed by atoms with Crippen LogP contribution in [0.15, 0.2) is 53.5 Å². The summed E-state index contributed by atoms with van der Waals surface area (Å²) in [6.07, 6.45) is -2.95. The van der Waals surface area contributed by atoms with Crippen molar-refractivity contribution in [2.24, 2.45) is 10.7 Å². The predicted molar refractivity (Wildman–Crippen MR) is 97.8 cm³/mol. The van der Waals surface area contributed by atoms with E-state index in [4.69, 9.17) is 10.5 Å². The lowest BCUT2D eigenvalue weighted by atomic mass is 10.1. The van der Waals surface area contributed by atoms with Crippen molar-refractivity contribution in [3.05, 3.63) is 59.7 Å². The molecule has 0 aliphatic rings. The number of guanidine groups is 1. The van der Waals surface area contributed by atoms with Crippen LogP contribution in [0.4, 0.5) is 13.2 Å². The molecule has 0 atom stereocenters. The van der Waals surface area contributed by atoms with Gasteiger partial charge >= 0.3 is 6.36 Å². The fourth-order valence-corrected chi connectivity index (χ4v) is 2.37.